The van der Waals surface area contributed by atoms with Crippen LogP contribution in [-0.2, 0) is 17.8 Å². The normalized spacial score (nSPS) is 16.9. The Hall–Kier alpha value is -1.78. The van der Waals surface area contributed by atoms with Gasteiger partial charge in [0.15, 0.2) is 6.54 Å². The van der Waals surface area contributed by atoms with Crippen LogP contribution >= 0.6 is 11.8 Å². The first-order valence-corrected chi connectivity index (χ1v) is 8.82. The van der Waals surface area contributed by atoms with Crippen molar-refractivity contribution in [2.24, 2.45) is 0 Å². The minimum absolute atomic E-state index is 0.0934. The molecule has 1 aliphatic heterocycles. The molecule has 1 unspecified atom stereocenters. The summed E-state index contributed by atoms with van der Waals surface area (Å²) in [5.74, 6) is 0.0934. The van der Waals surface area contributed by atoms with Gasteiger partial charge in [-0.05, 0) is 24.0 Å². The van der Waals surface area contributed by atoms with Gasteiger partial charge in [0, 0.05) is 16.9 Å². The number of amides is 1. The van der Waals surface area contributed by atoms with Gasteiger partial charge in [0.25, 0.3) is 5.91 Å². The molecule has 0 aromatic heterocycles. The average molecular weight is 313 g/mol. The molecule has 0 fully saturated rings. The maximum Gasteiger partial charge on any atom is 0.279 e. The fourth-order valence-corrected chi connectivity index (χ4v) is 3.52. The Morgan fingerprint density at radius 1 is 1.14 bits per heavy atom. The van der Waals surface area contributed by atoms with E-state index in [2.05, 4.69) is 29.6 Å². The highest BCUT2D eigenvalue weighted by atomic mass is 32.2. The quantitative estimate of drug-likeness (QED) is 0.847. The van der Waals surface area contributed by atoms with E-state index in [1.807, 2.05) is 30.5 Å². The monoisotopic (exact) mass is 313 g/mol. The highest BCUT2D eigenvalue weighted by Crippen LogP contribution is 2.24. The topological polar surface area (TPSA) is 33.5 Å². The van der Waals surface area contributed by atoms with E-state index in [0.717, 1.165) is 30.1 Å². The predicted molar refractivity (Wildman–Crippen MR) is 91.4 cm³/mol. The van der Waals surface area contributed by atoms with Crippen LogP contribution in [0.2, 0.25) is 0 Å². The van der Waals surface area contributed by atoms with Crippen LogP contribution in [0.3, 0.4) is 0 Å². The second-order valence-corrected chi connectivity index (χ2v) is 6.47. The van der Waals surface area contributed by atoms with E-state index >= 15 is 0 Å². The molecule has 114 valence electrons. The fourth-order valence-electron chi connectivity index (χ4n) is 2.96. The van der Waals surface area contributed by atoms with Crippen LogP contribution in [0, 0.1) is 0 Å². The first-order valence-electron chi connectivity index (χ1n) is 7.59. The number of anilines is 1. The van der Waals surface area contributed by atoms with Gasteiger partial charge in [0.1, 0.15) is 6.54 Å². The molecular formula is C18H21N2OS+. The van der Waals surface area contributed by atoms with Crippen molar-refractivity contribution in [3.05, 3.63) is 59.7 Å². The zero-order valence-electron chi connectivity index (χ0n) is 12.8. The Labute approximate surface area is 135 Å². The van der Waals surface area contributed by atoms with Crippen LogP contribution in [-0.4, -0.2) is 25.3 Å². The number of benzene rings is 2. The third-order valence-electron chi connectivity index (χ3n) is 4.10. The van der Waals surface area contributed by atoms with E-state index in [1.165, 1.54) is 16.0 Å². The van der Waals surface area contributed by atoms with Crippen LogP contribution in [0.4, 0.5) is 5.69 Å². The number of fused-ring (bicyclic) bond motifs is 1. The van der Waals surface area contributed by atoms with Crippen molar-refractivity contribution in [1.29, 1.82) is 0 Å². The summed E-state index contributed by atoms with van der Waals surface area (Å²) in [5.41, 5.74) is 3.72. The van der Waals surface area contributed by atoms with Crippen LogP contribution in [0.1, 0.15) is 11.1 Å². The van der Waals surface area contributed by atoms with Crippen LogP contribution < -0.4 is 10.2 Å². The van der Waals surface area contributed by atoms with Gasteiger partial charge in [0.2, 0.25) is 0 Å². The van der Waals surface area contributed by atoms with Gasteiger partial charge in [-0.2, -0.15) is 0 Å². The lowest BCUT2D eigenvalue weighted by Gasteiger charge is -2.25. The summed E-state index contributed by atoms with van der Waals surface area (Å²) in [7, 11) is 0. The number of para-hydroxylation sites is 1. The number of quaternary nitrogens is 1. The molecule has 0 radical (unpaired) electrons. The zero-order chi connectivity index (χ0) is 15.4. The Morgan fingerprint density at radius 3 is 2.68 bits per heavy atom. The maximum absolute atomic E-state index is 12.3. The number of hydrogen-bond donors (Lipinski definition) is 2. The molecule has 0 saturated heterocycles. The summed E-state index contributed by atoms with van der Waals surface area (Å²) in [6, 6.07) is 16.5. The van der Waals surface area contributed by atoms with Gasteiger partial charge in [-0.15, -0.1) is 11.8 Å². The molecule has 3 rings (SSSR count). The molecular weight excluding hydrogens is 292 g/mol. The number of carbonyl (C=O) groups excluding carboxylic acids is 1. The van der Waals surface area contributed by atoms with Gasteiger partial charge in [0.05, 0.1) is 12.2 Å². The van der Waals surface area contributed by atoms with Crippen molar-refractivity contribution in [2.45, 2.75) is 17.9 Å². The summed E-state index contributed by atoms with van der Waals surface area (Å²) in [6.45, 7) is 2.49. The molecule has 3 nitrogen and oxygen atoms in total. The van der Waals surface area contributed by atoms with E-state index in [9.17, 15) is 4.79 Å². The molecule has 4 heteroatoms. The van der Waals surface area contributed by atoms with Crippen molar-refractivity contribution < 1.29 is 9.69 Å². The van der Waals surface area contributed by atoms with Gasteiger partial charge < -0.3 is 10.2 Å². The third-order valence-corrected chi connectivity index (χ3v) is 4.89. The number of carbonyl (C=O) groups is 1. The minimum atomic E-state index is 0.0934. The van der Waals surface area contributed by atoms with Gasteiger partial charge >= 0.3 is 0 Å². The van der Waals surface area contributed by atoms with Gasteiger partial charge in [-0.25, -0.2) is 0 Å². The van der Waals surface area contributed by atoms with E-state index in [4.69, 9.17) is 0 Å². The number of thioether (sulfide) groups is 1. The Kier molecular flexibility index (Phi) is 4.80. The Bertz CT molecular complexity index is 672. The largest absolute Gasteiger partial charge is 0.323 e. The molecule has 1 amide bonds. The van der Waals surface area contributed by atoms with Crippen molar-refractivity contribution in [3.63, 3.8) is 0 Å². The van der Waals surface area contributed by atoms with E-state index < -0.39 is 0 Å². The average Bonchev–Trinajstić information content (AvgIpc) is 2.55. The summed E-state index contributed by atoms with van der Waals surface area (Å²) >= 11 is 1.65. The second-order valence-electron chi connectivity index (χ2n) is 5.62. The molecule has 0 bridgehead atoms. The molecule has 22 heavy (non-hydrogen) atoms. The van der Waals surface area contributed by atoms with E-state index in [1.54, 1.807) is 11.8 Å². The lowest BCUT2D eigenvalue weighted by molar-refractivity contribution is -0.907. The number of nitrogens with one attached hydrogen (secondary N) is 2. The minimum Gasteiger partial charge on any atom is -0.323 e. The van der Waals surface area contributed by atoms with Crippen molar-refractivity contribution in [1.82, 2.24) is 0 Å². The Morgan fingerprint density at radius 2 is 1.86 bits per heavy atom. The van der Waals surface area contributed by atoms with Crippen molar-refractivity contribution in [3.8, 4) is 0 Å². The lowest BCUT2D eigenvalue weighted by atomic mass is 10.00. The summed E-state index contributed by atoms with van der Waals surface area (Å²) in [5, 5.41) is 3.05. The van der Waals surface area contributed by atoms with Crippen molar-refractivity contribution >= 4 is 23.4 Å². The summed E-state index contributed by atoms with van der Waals surface area (Å²) in [6.07, 6.45) is 3.08. The van der Waals surface area contributed by atoms with Crippen LogP contribution in [0.5, 0.6) is 0 Å². The lowest BCUT2D eigenvalue weighted by Crippen LogP contribution is -3.12. The molecule has 2 aromatic rings. The fraction of sp³-hybridized carbons (Fsp3) is 0.278. The van der Waals surface area contributed by atoms with E-state index in [-0.39, 0.29) is 5.91 Å². The van der Waals surface area contributed by atoms with Gasteiger partial charge in [-0.1, -0.05) is 36.4 Å². The molecule has 0 aliphatic carbocycles. The third kappa shape index (κ3) is 3.51. The molecule has 1 aliphatic rings. The molecule has 2 aromatic carbocycles. The molecule has 1 atom stereocenters. The van der Waals surface area contributed by atoms with E-state index in [0.29, 0.717) is 6.54 Å². The number of rotatable bonds is 4. The van der Waals surface area contributed by atoms with Gasteiger partial charge in [-0.3, -0.25) is 4.79 Å². The predicted octanol–water partition coefficient (Wildman–Crippen LogP) is 1.99. The first kappa shape index (κ1) is 15.1. The highest BCUT2D eigenvalue weighted by Gasteiger charge is 2.21. The molecule has 0 saturated carbocycles. The first-order chi connectivity index (χ1) is 10.8. The second kappa shape index (κ2) is 6.99. The molecule has 2 N–H and O–H groups in total. The SMILES string of the molecule is CSc1ccccc1NC(=O)C[NH+]1CCc2ccccc2C1. The molecule has 0 spiro atoms. The summed E-state index contributed by atoms with van der Waals surface area (Å²) < 4.78 is 0. The molecule has 1 heterocycles. The smallest absolute Gasteiger partial charge is 0.279 e. The standard InChI is InChI=1S/C18H20N2OS/c1-22-17-9-5-4-8-16(17)19-18(21)13-20-11-10-14-6-2-3-7-15(14)12-20/h2-9H,10-13H2,1H3,(H,19,21)/p+1. The van der Waals surface area contributed by atoms with Crippen LogP contribution in [0.15, 0.2) is 53.4 Å². The Balaban J connectivity index is 1.61. The zero-order valence-corrected chi connectivity index (χ0v) is 13.6. The summed E-state index contributed by atoms with van der Waals surface area (Å²) in [4.78, 5) is 14.8. The van der Waals surface area contributed by atoms with Crippen LogP contribution in [0.25, 0.3) is 0 Å². The maximum atomic E-state index is 12.3. The highest BCUT2D eigenvalue weighted by molar-refractivity contribution is 7.98. The number of hydrogen-bond acceptors (Lipinski definition) is 2. The van der Waals surface area contributed by atoms with Crippen molar-refractivity contribution in [2.75, 3.05) is 24.7 Å².